The van der Waals surface area contributed by atoms with Crippen molar-refractivity contribution in [1.82, 2.24) is 4.90 Å². The van der Waals surface area contributed by atoms with Gasteiger partial charge in [0.1, 0.15) is 0 Å². The molecule has 2 aromatic rings. The lowest BCUT2D eigenvalue weighted by Crippen LogP contribution is -2.36. The number of Topliss-reactive ketones (excluding diaryl/α,β-unsaturated/α-hetero) is 1. The molecule has 1 fully saturated rings. The summed E-state index contributed by atoms with van der Waals surface area (Å²) in [6.45, 7) is 3.79. The van der Waals surface area contributed by atoms with Crippen molar-refractivity contribution in [2.45, 2.75) is 13.8 Å². The average molecular weight is 437 g/mol. The van der Waals surface area contributed by atoms with Gasteiger partial charge >= 0.3 is 17.8 Å². The molecular weight excluding hydrogens is 420 g/mol. The number of amides is 4. The third-order valence-corrected chi connectivity index (χ3v) is 5.26. The van der Waals surface area contributed by atoms with Crippen LogP contribution in [0.2, 0.25) is 4.34 Å². The number of rotatable bonds is 8. The van der Waals surface area contributed by atoms with Crippen molar-refractivity contribution >= 4 is 52.3 Å². The highest BCUT2D eigenvalue weighted by atomic mass is 35.5. The Morgan fingerprint density at radius 3 is 2.31 bits per heavy atom. The van der Waals surface area contributed by atoms with Crippen LogP contribution in [0.4, 0.5) is 10.5 Å². The zero-order valence-electron chi connectivity index (χ0n) is 15.6. The summed E-state index contributed by atoms with van der Waals surface area (Å²) in [4.78, 5) is 51.5. The summed E-state index contributed by atoms with van der Waals surface area (Å²) in [6, 6.07) is 6.61. The molecule has 0 N–H and O–H groups in total. The van der Waals surface area contributed by atoms with Crippen LogP contribution in [-0.4, -0.2) is 48.3 Å². The van der Waals surface area contributed by atoms with Gasteiger partial charge in [0.2, 0.25) is 0 Å². The number of urea groups is 1. The van der Waals surface area contributed by atoms with Crippen molar-refractivity contribution in [3.63, 3.8) is 0 Å². The zero-order chi connectivity index (χ0) is 21.1. The Morgan fingerprint density at radius 2 is 1.69 bits per heavy atom. The predicted molar refractivity (Wildman–Crippen MR) is 107 cm³/mol. The predicted octanol–water partition coefficient (Wildman–Crippen LogP) is 3.38. The molecule has 0 atom stereocenters. The Kier molecular flexibility index (Phi) is 6.19. The first-order valence-corrected chi connectivity index (χ1v) is 9.94. The molecule has 1 aliphatic rings. The molecule has 0 radical (unpaired) electrons. The highest BCUT2D eigenvalue weighted by molar-refractivity contribution is 7.18. The minimum absolute atomic E-state index is 0.148. The first kappa shape index (κ1) is 20.8. The lowest BCUT2D eigenvalue weighted by Gasteiger charge is -2.17. The van der Waals surface area contributed by atoms with Gasteiger partial charge in [-0.2, -0.15) is 0 Å². The molecule has 0 saturated carbocycles. The molecule has 1 aromatic carbocycles. The van der Waals surface area contributed by atoms with Crippen LogP contribution in [0, 0.1) is 0 Å². The number of thiophene rings is 1. The fourth-order valence-corrected chi connectivity index (χ4v) is 3.71. The third-order valence-electron chi connectivity index (χ3n) is 3.99. The van der Waals surface area contributed by atoms with E-state index < -0.39 is 30.2 Å². The van der Waals surface area contributed by atoms with Crippen molar-refractivity contribution in [1.29, 1.82) is 0 Å². The molecule has 3 rings (SSSR count). The lowest BCUT2D eigenvalue weighted by molar-refractivity contribution is -0.139. The molecule has 0 aliphatic carbocycles. The van der Waals surface area contributed by atoms with Crippen molar-refractivity contribution in [2.75, 3.05) is 24.7 Å². The number of ether oxygens (including phenoxy) is 2. The largest absolute Gasteiger partial charge is 0.490 e. The molecule has 8 nitrogen and oxygen atoms in total. The third kappa shape index (κ3) is 4.10. The number of halogens is 1. The van der Waals surface area contributed by atoms with Crippen LogP contribution in [0.1, 0.15) is 23.5 Å². The first-order valence-electron chi connectivity index (χ1n) is 8.75. The SMILES string of the molecule is CCOc1ccc(N2C(=O)C(=O)N(CC(=O)c3ccc(Cl)s3)C2=O)cc1OCC. The van der Waals surface area contributed by atoms with Crippen LogP contribution in [-0.2, 0) is 9.59 Å². The van der Waals surface area contributed by atoms with Crippen molar-refractivity contribution in [3.8, 4) is 11.5 Å². The van der Waals surface area contributed by atoms with E-state index in [1.807, 2.05) is 6.92 Å². The fraction of sp³-hybridized carbons (Fsp3) is 0.263. The molecule has 0 bridgehead atoms. The van der Waals surface area contributed by atoms with E-state index in [-0.39, 0.29) is 5.69 Å². The monoisotopic (exact) mass is 436 g/mol. The molecular formula is C19H17ClN2O6S. The van der Waals surface area contributed by atoms with E-state index >= 15 is 0 Å². The second kappa shape index (κ2) is 8.62. The van der Waals surface area contributed by atoms with Crippen molar-refractivity contribution < 1.29 is 28.7 Å². The summed E-state index contributed by atoms with van der Waals surface area (Å²) < 4.78 is 11.4. The highest BCUT2D eigenvalue weighted by Crippen LogP contribution is 2.34. The van der Waals surface area contributed by atoms with Gasteiger partial charge in [0.25, 0.3) is 0 Å². The van der Waals surface area contributed by atoms with Crippen LogP contribution in [0.3, 0.4) is 0 Å². The van der Waals surface area contributed by atoms with Gasteiger partial charge in [0, 0.05) is 6.07 Å². The Balaban J connectivity index is 1.86. The van der Waals surface area contributed by atoms with Crippen LogP contribution in [0.15, 0.2) is 30.3 Å². The number of carbonyl (C=O) groups is 4. The minimum atomic E-state index is -1.07. The molecule has 29 heavy (non-hydrogen) atoms. The summed E-state index contributed by atoms with van der Waals surface area (Å²) in [5.74, 6) is -1.82. The molecule has 1 saturated heterocycles. The van der Waals surface area contributed by atoms with E-state index in [0.717, 1.165) is 16.2 Å². The Morgan fingerprint density at radius 1 is 1.00 bits per heavy atom. The summed E-state index contributed by atoms with van der Waals surface area (Å²) in [5.41, 5.74) is 0.148. The van der Waals surface area contributed by atoms with Crippen LogP contribution in [0.5, 0.6) is 11.5 Å². The fourth-order valence-electron chi connectivity index (χ4n) is 2.74. The van der Waals surface area contributed by atoms with Gasteiger partial charge < -0.3 is 9.47 Å². The molecule has 152 valence electrons. The first-order chi connectivity index (χ1) is 13.9. The Labute approximate surface area is 175 Å². The number of hydrogen-bond donors (Lipinski definition) is 0. The van der Waals surface area contributed by atoms with E-state index in [1.54, 1.807) is 19.1 Å². The zero-order valence-corrected chi connectivity index (χ0v) is 17.2. The minimum Gasteiger partial charge on any atom is -0.490 e. The number of hydrogen-bond acceptors (Lipinski definition) is 7. The molecule has 0 spiro atoms. The normalized spacial score (nSPS) is 14.0. The number of carbonyl (C=O) groups excluding carboxylic acids is 4. The molecule has 1 aromatic heterocycles. The van der Waals surface area contributed by atoms with Gasteiger partial charge in [0.05, 0.1) is 34.7 Å². The quantitative estimate of drug-likeness (QED) is 0.358. The van der Waals surface area contributed by atoms with Gasteiger partial charge in [-0.15, -0.1) is 11.3 Å². The van der Waals surface area contributed by atoms with Crippen LogP contribution in [0.25, 0.3) is 0 Å². The lowest BCUT2D eigenvalue weighted by atomic mass is 10.2. The topological polar surface area (TPSA) is 93.2 Å². The second-order valence-electron chi connectivity index (χ2n) is 5.84. The molecule has 4 amide bonds. The van der Waals surface area contributed by atoms with E-state index in [9.17, 15) is 19.2 Å². The molecule has 0 unspecified atom stereocenters. The van der Waals surface area contributed by atoms with Crippen LogP contribution < -0.4 is 14.4 Å². The van der Waals surface area contributed by atoms with E-state index in [1.165, 1.54) is 18.2 Å². The Bertz CT molecular complexity index is 989. The maximum atomic E-state index is 12.7. The number of imide groups is 2. The van der Waals surface area contributed by atoms with E-state index in [0.29, 0.717) is 38.8 Å². The smallest absolute Gasteiger partial charge is 0.339 e. The van der Waals surface area contributed by atoms with Gasteiger partial charge in [-0.05, 0) is 38.1 Å². The summed E-state index contributed by atoms with van der Waals surface area (Å²) in [7, 11) is 0. The van der Waals surface area contributed by atoms with Crippen LogP contribution >= 0.6 is 22.9 Å². The average Bonchev–Trinajstić information content (AvgIpc) is 3.21. The van der Waals surface area contributed by atoms with E-state index in [4.69, 9.17) is 21.1 Å². The summed E-state index contributed by atoms with van der Waals surface area (Å²) in [6.07, 6.45) is 0. The maximum Gasteiger partial charge on any atom is 0.339 e. The molecule has 1 aliphatic heterocycles. The second-order valence-corrected chi connectivity index (χ2v) is 7.55. The number of nitrogens with zero attached hydrogens (tertiary/aromatic N) is 2. The summed E-state index contributed by atoms with van der Waals surface area (Å²) in [5, 5.41) is 0. The number of benzene rings is 1. The highest BCUT2D eigenvalue weighted by Gasteiger charge is 2.46. The van der Waals surface area contributed by atoms with Gasteiger partial charge in [-0.3, -0.25) is 14.4 Å². The van der Waals surface area contributed by atoms with E-state index in [2.05, 4.69) is 0 Å². The summed E-state index contributed by atoms with van der Waals surface area (Å²) >= 11 is 6.85. The standard InChI is InChI=1S/C19H17ClN2O6S/c1-3-27-13-6-5-11(9-14(13)28-4-2)22-18(25)17(24)21(19(22)26)10-12(23)15-7-8-16(20)29-15/h5-9H,3-4,10H2,1-2H3. The van der Waals surface area contributed by atoms with Crippen molar-refractivity contribution in [2.24, 2.45) is 0 Å². The van der Waals surface area contributed by atoms with Gasteiger partial charge in [-0.1, -0.05) is 11.6 Å². The molecule has 10 heteroatoms. The number of anilines is 1. The number of ketones is 1. The Hall–Kier alpha value is -2.91. The van der Waals surface area contributed by atoms with Crippen molar-refractivity contribution in [3.05, 3.63) is 39.5 Å². The van der Waals surface area contributed by atoms with Gasteiger partial charge in [-0.25, -0.2) is 14.6 Å². The molecule has 2 heterocycles. The maximum absolute atomic E-state index is 12.7. The van der Waals surface area contributed by atoms with Gasteiger partial charge in [0.15, 0.2) is 17.3 Å².